The summed E-state index contributed by atoms with van der Waals surface area (Å²) >= 11 is 0. The number of fused-ring (bicyclic) bond motifs is 1. The number of benzene rings is 2. The van der Waals surface area contributed by atoms with Crippen LogP contribution in [0.4, 0.5) is 5.69 Å². The zero-order valence-electron chi connectivity index (χ0n) is 22.0. The van der Waals surface area contributed by atoms with Crippen LogP contribution in [-0.4, -0.2) is 59.9 Å². The average Bonchev–Trinajstić information content (AvgIpc) is 3.48. The number of rotatable bonds is 6. The minimum atomic E-state index is -0.187. The summed E-state index contributed by atoms with van der Waals surface area (Å²) in [5, 5.41) is 7.71. The highest BCUT2D eigenvalue weighted by atomic mass is 16.5. The van der Waals surface area contributed by atoms with Crippen molar-refractivity contribution in [2.45, 2.75) is 45.7 Å². The van der Waals surface area contributed by atoms with E-state index in [0.29, 0.717) is 6.04 Å². The Kier molecular flexibility index (Phi) is 6.75. The number of aromatic nitrogens is 2. The molecule has 0 radical (unpaired) electrons. The van der Waals surface area contributed by atoms with Gasteiger partial charge in [0.1, 0.15) is 5.75 Å². The number of nitrogens with one attached hydrogen (secondary N) is 1. The van der Waals surface area contributed by atoms with Crippen LogP contribution in [0, 0.1) is 13.8 Å². The van der Waals surface area contributed by atoms with Crippen molar-refractivity contribution >= 4 is 11.6 Å². The first-order valence-corrected chi connectivity index (χ1v) is 12.9. The molecule has 1 amide bonds. The van der Waals surface area contributed by atoms with Gasteiger partial charge in [0.15, 0.2) is 0 Å². The topological polar surface area (TPSA) is 62.6 Å². The Bertz CT molecular complexity index is 1270. The summed E-state index contributed by atoms with van der Waals surface area (Å²) in [6, 6.07) is 12.9. The van der Waals surface area contributed by atoms with Crippen molar-refractivity contribution in [3.63, 3.8) is 0 Å². The standard InChI is InChI=1S/C29H37N5O2/c1-19-8-9-24(34-12-11-33-10-6-7-25(33)17-34)16-27(19)29(35)30-20(2)22-13-23(15-26(14-22)36-5)28-18-32(4)31-21(28)3/h8-9,13-16,18,20,25H,6-7,10-12,17H2,1-5H3,(H,30,35)/t20-,25?/m1/s1. The van der Waals surface area contributed by atoms with Crippen LogP contribution < -0.4 is 15.0 Å². The van der Waals surface area contributed by atoms with Crippen LogP contribution in [0.5, 0.6) is 5.75 Å². The van der Waals surface area contributed by atoms with Gasteiger partial charge in [0.25, 0.3) is 5.91 Å². The van der Waals surface area contributed by atoms with Crippen molar-refractivity contribution in [2.75, 3.05) is 38.2 Å². The summed E-state index contributed by atoms with van der Waals surface area (Å²) in [6.45, 7) is 10.4. The number of hydrogen-bond donors (Lipinski definition) is 1. The van der Waals surface area contributed by atoms with Gasteiger partial charge in [0.2, 0.25) is 0 Å². The first kappa shape index (κ1) is 24.4. The Morgan fingerprint density at radius 3 is 2.72 bits per heavy atom. The van der Waals surface area contributed by atoms with E-state index in [4.69, 9.17) is 4.74 Å². The molecule has 190 valence electrons. The highest BCUT2D eigenvalue weighted by molar-refractivity contribution is 5.97. The highest BCUT2D eigenvalue weighted by Gasteiger charge is 2.31. The van der Waals surface area contributed by atoms with E-state index in [1.165, 1.54) is 19.4 Å². The van der Waals surface area contributed by atoms with E-state index >= 15 is 0 Å². The minimum absolute atomic E-state index is 0.0525. The van der Waals surface area contributed by atoms with Crippen LogP contribution in [0.15, 0.2) is 42.6 Å². The lowest BCUT2D eigenvalue weighted by atomic mass is 9.99. The van der Waals surface area contributed by atoms with Crippen molar-refractivity contribution in [3.05, 3.63) is 65.0 Å². The normalized spacial score (nSPS) is 18.7. The second-order valence-electron chi connectivity index (χ2n) is 10.3. The minimum Gasteiger partial charge on any atom is -0.497 e. The third kappa shape index (κ3) is 4.85. The number of piperazine rings is 1. The molecular weight excluding hydrogens is 450 g/mol. The third-order valence-electron chi connectivity index (χ3n) is 7.75. The number of ether oxygens (including phenoxy) is 1. The van der Waals surface area contributed by atoms with Crippen molar-refractivity contribution in [1.82, 2.24) is 20.0 Å². The molecule has 2 aromatic carbocycles. The van der Waals surface area contributed by atoms with Crippen molar-refractivity contribution in [1.29, 1.82) is 0 Å². The zero-order chi connectivity index (χ0) is 25.4. The highest BCUT2D eigenvalue weighted by Crippen LogP contribution is 2.31. The number of aryl methyl sites for hydroxylation is 3. The number of amides is 1. The van der Waals surface area contributed by atoms with Crippen molar-refractivity contribution in [3.8, 4) is 16.9 Å². The summed E-state index contributed by atoms with van der Waals surface area (Å²) < 4.78 is 7.40. The van der Waals surface area contributed by atoms with E-state index in [2.05, 4.69) is 44.5 Å². The van der Waals surface area contributed by atoms with Crippen LogP contribution in [-0.2, 0) is 7.05 Å². The van der Waals surface area contributed by atoms with Gasteiger partial charge in [-0.25, -0.2) is 0 Å². The number of nitrogens with zero attached hydrogens (tertiary/aromatic N) is 4. The van der Waals surface area contributed by atoms with Crippen LogP contribution in [0.2, 0.25) is 0 Å². The van der Waals surface area contributed by atoms with Gasteiger partial charge >= 0.3 is 0 Å². The third-order valence-corrected chi connectivity index (χ3v) is 7.75. The number of carbonyl (C=O) groups excluding carboxylic acids is 1. The largest absolute Gasteiger partial charge is 0.497 e. The molecule has 1 unspecified atom stereocenters. The van der Waals surface area contributed by atoms with Crippen LogP contribution in [0.3, 0.4) is 0 Å². The van der Waals surface area contributed by atoms with Crippen LogP contribution in [0.1, 0.15) is 53.0 Å². The monoisotopic (exact) mass is 487 g/mol. The maximum absolute atomic E-state index is 13.5. The molecule has 5 rings (SSSR count). The summed E-state index contributed by atoms with van der Waals surface area (Å²) in [4.78, 5) is 18.5. The molecule has 3 aromatic rings. The molecule has 0 saturated carbocycles. The summed E-state index contributed by atoms with van der Waals surface area (Å²) in [7, 11) is 3.59. The first-order valence-electron chi connectivity index (χ1n) is 12.9. The SMILES string of the molecule is COc1cc(-c2cn(C)nc2C)cc([C@@H](C)NC(=O)c2cc(N3CCN4CCCC4C3)ccc2C)c1. The Balaban J connectivity index is 1.36. The molecule has 0 spiro atoms. The molecular formula is C29H37N5O2. The summed E-state index contributed by atoms with van der Waals surface area (Å²) in [5.41, 5.74) is 6.90. The molecule has 7 heteroatoms. The maximum atomic E-state index is 13.5. The number of anilines is 1. The lowest BCUT2D eigenvalue weighted by Crippen LogP contribution is -2.50. The number of methoxy groups -OCH3 is 1. The molecule has 0 bridgehead atoms. The molecule has 2 aliphatic heterocycles. The molecule has 2 aliphatic rings. The van der Waals surface area contributed by atoms with E-state index in [9.17, 15) is 4.79 Å². The molecule has 7 nitrogen and oxygen atoms in total. The van der Waals surface area contributed by atoms with Crippen molar-refractivity contribution in [2.24, 2.45) is 7.05 Å². The van der Waals surface area contributed by atoms with Gasteiger partial charge in [-0.05, 0) is 87.2 Å². The Labute approximate surface area is 214 Å². The van der Waals surface area contributed by atoms with Gasteiger partial charge < -0.3 is 15.0 Å². The molecule has 1 N–H and O–H groups in total. The zero-order valence-corrected chi connectivity index (χ0v) is 22.0. The quantitative estimate of drug-likeness (QED) is 0.555. The van der Waals surface area contributed by atoms with Gasteiger partial charge in [-0.1, -0.05) is 6.07 Å². The van der Waals surface area contributed by atoms with Gasteiger partial charge in [-0.2, -0.15) is 5.10 Å². The number of carbonyl (C=O) groups is 1. The Hall–Kier alpha value is -3.32. The summed E-state index contributed by atoms with van der Waals surface area (Å²) in [5.74, 6) is 0.708. The molecule has 36 heavy (non-hydrogen) atoms. The van der Waals surface area contributed by atoms with E-state index < -0.39 is 0 Å². The van der Waals surface area contributed by atoms with Gasteiger partial charge in [-0.15, -0.1) is 0 Å². The van der Waals surface area contributed by atoms with Gasteiger partial charge in [-0.3, -0.25) is 14.4 Å². The lowest BCUT2D eigenvalue weighted by molar-refractivity contribution is 0.0939. The van der Waals surface area contributed by atoms with Gasteiger partial charge in [0, 0.05) is 55.7 Å². The second-order valence-corrected chi connectivity index (χ2v) is 10.3. The average molecular weight is 488 g/mol. The van der Waals surface area contributed by atoms with Crippen molar-refractivity contribution < 1.29 is 9.53 Å². The molecule has 0 aliphatic carbocycles. The second kappa shape index (κ2) is 9.97. The fraction of sp³-hybridized carbons (Fsp3) is 0.448. The molecule has 3 heterocycles. The van der Waals surface area contributed by atoms with Gasteiger partial charge in [0.05, 0.1) is 18.8 Å². The molecule has 2 fully saturated rings. The maximum Gasteiger partial charge on any atom is 0.252 e. The fourth-order valence-corrected chi connectivity index (χ4v) is 5.66. The van der Waals surface area contributed by atoms with Crippen LogP contribution >= 0.6 is 0 Å². The lowest BCUT2D eigenvalue weighted by Gasteiger charge is -2.39. The Morgan fingerprint density at radius 1 is 1.14 bits per heavy atom. The van der Waals surface area contributed by atoms with Crippen LogP contribution in [0.25, 0.3) is 11.1 Å². The van der Waals surface area contributed by atoms with E-state index in [-0.39, 0.29) is 11.9 Å². The molecule has 1 aromatic heterocycles. The molecule has 2 atom stereocenters. The van der Waals surface area contributed by atoms with E-state index in [1.807, 2.05) is 50.8 Å². The fourth-order valence-electron chi connectivity index (χ4n) is 5.66. The smallest absolute Gasteiger partial charge is 0.252 e. The molecule has 2 saturated heterocycles. The van der Waals surface area contributed by atoms with E-state index in [0.717, 1.165) is 64.6 Å². The summed E-state index contributed by atoms with van der Waals surface area (Å²) in [6.07, 6.45) is 4.58. The van der Waals surface area contributed by atoms with E-state index in [1.54, 1.807) is 7.11 Å². The predicted octanol–water partition coefficient (Wildman–Crippen LogP) is 4.49. The predicted molar refractivity (Wildman–Crippen MR) is 144 cm³/mol. The first-order chi connectivity index (χ1) is 17.3. The number of hydrogen-bond acceptors (Lipinski definition) is 5. The Morgan fingerprint density at radius 2 is 1.97 bits per heavy atom.